The van der Waals surface area contributed by atoms with E-state index in [2.05, 4.69) is 10.5 Å². The first-order valence-electron chi connectivity index (χ1n) is 10.3. The average molecular weight is 492 g/mol. The fourth-order valence-electron chi connectivity index (χ4n) is 3.79. The van der Waals surface area contributed by atoms with E-state index in [0.29, 0.717) is 17.3 Å². The lowest BCUT2D eigenvalue weighted by atomic mass is 10.0. The van der Waals surface area contributed by atoms with Gasteiger partial charge in [-0.15, -0.1) is 0 Å². The zero-order valence-electron chi connectivity index (χ0n) is 18.7. The lowest BCUT2D eigenvalue weighted by Gasteiger charge is -2.13. The first kappa shape index (κ1) is 22.1. The normalized spacial score (nSPS) is 11.6. The van der Waals surface area contributed by atoms with Gasteiger partial charge in [-0.05, 0) is 52.7 Å². The van der Waals surface area contributed by atoms with E-state index >= 15 is 0 Å². The summed E-state index contributed by atoms with van der Waals surface area (Å²) in [5.74, 6) is 1.93. The van der Waals surface area contributed by atoms with Gasteiger partial charge in [-0.1, -0.05) is 12.1 Å². The lowest BCUT2D eigenvalue weighted by molar-refractivity contribution is 0.356. The Morgan fingerprint density at radius 2 is 1.65 bits per heavy atom. The molecule has 9 heteroatoms. The molecule has 0 amide bonds. The molecule has 2 aromatic carbocycles. The third kappa shape index (κ3) is 4.04. The van der Waals surface area contributed by atoms with E-state index < -0.39 is 9.84 Å². The molecule has 0 aliphatic carbocycles. The molecule has 34 heavy (non-hydrogen) atoms. The predicted octanol–water partition coefficient (Wildman–Crippen LogP) is 5.24. The highest BCUT2D eigenvalue weighted by Gasteiger charge is 2.15. The molecule has 0 saturated carbocycles. The highest BCUT2D eigenvalue weighted by atomic mass is 32.2. The van der Waals surface area contributed by atoms with Crippen LogP contribution < -0.4 is 9.47 Å². The van der Waals surface area contributed by atoms with E-state index in [4.69, 9.17) is 14.5 Å². The van der Waals surface area contributed by atoms with Crippen molar-refractivity contribution < 1.29 is 17.9 Å². The number of pyridine rings is 1. The van der Waals surface area contributed by atoms with Crippen LogP contribution in [0.5, 0.6) is 11.5 Å². The summed E-state index contributed by atoms with van der Waals surface area (Å²) in [6.07, 6.45) is 4.81. The van der Waals surface area contributed by atoms with Crippen LogP contribution in [0.25, 0.3) is 39.0 Å². The number of hydrogen-bond acceptors (Lipinski definition) is 7. The van der Waals surface area contributed by atoms with Gasteiger partial charge in [0.05, 0.1) is 31.0 Å². The van der Waals surface area contributed by atoms with E-state index in [1.165, 1.54) is 6.26 Å². The maximum absolute atomic E-state index is 11.8. The molecular formula is C25H21N3O4S2. The van der Waals surface area contributed by atoms with Crippen molar-refractivity contribution in [2.24, 2.45) is 0 Å². The number of hydrogen-bond donors (Lipinski definition) is 0. The van der Waals surface area contributed by atoms with Gasteiger partial charge in [-0.2, -0.15) is 16.4 Å². The Labute approximate surface area is 201 Å². The molecule has 0 spiro atoms. The molecule has 3 aromatic heterocycles. The molecule has 0 aliphatic heterocycles. The van der Waals surface area contributed by atoms with Gasteiger partial charge in [-0.3, -0.25) is 0 Å². The van der Waals surface area contributed by atoms with E-state index in [9.17, 15) is 8.42 Å². The van der Waals surface area contributed by atoms with Crippen LogP contribution in [0, 0.1) is 0 Å². The minimum atomic E-state index is -3.25. The van der Waals surface area contributed by atoms with Crippen LogP contribution in [0.3, 0.4) is 0 Å². The molecule has 0 fully saturated rings. The Morgan fingerprint density at radius 1 is 0.912 bits per heavy atom. The Morgan fingerprint density at radius 3 is 2.29 bits per heavy atom. The van der Waals surface area contributed by atoms with E-state index in [-0.39, 0.29) is 4.90 Å². The zero-order chi connectivity index (χ0) is 23.9. The molecular weight excluding hydrogens is 470 g/mol. The molecule has 0 N–H and O–H groups in total. The van der Waals surface area contributed by atoms with Crippen molar-refractivity contribution in [3.63, 3.8) is 0 Å². The van der Waals surface area contributed by atoms with Crippen LogP contribution in [0.1, 0.15) is 0 Å². The second-order valence-corrected chi connectivity index (χ2v) is 10.5. The molecule has 0 unspecified atom stereocenters. The number of nitrogens with zero attached hydrogens (tertiary/aromatic N) is 3. The van der Waals surface area contributed by atoms with Gasteiger partial charge in [0.15, 0.2) is 27.2 Å². The molecule has 172 valence electrons. The van der Waals surface area contributed by atoms with Gasteiger partial charge in [0, 0.05) is 34.3 Å². The van der Waals surface area contributed by atoms with Crippen molar-refractivity contribution in [2.45, 2.75) is 4.90 Å². The largest absolute Gasteiger partial charge is 0.493 e. The number of rotatable bonds is 6. The second-order valence-electron chi connectivity index (χ2n) is 7.74. The lowest BCUT2D eigenvalue weighted by Crippen LogP contribution is -2.00. The Balaban J connectivity index is 1.63. The predicted molar refractivity (Wildman–Crippen MR) is 134 cm³/mol. The monoisotopic (exact) mass is 491 g/mol. The summed E-state index contributed by atoms with van der Waals surface area (Å²) in [4.78, 5) is 5.21. The molecule has 5 rings (SSSR count). The van der Waals surface area contributed by atoms with Crippen molar-refractivity contribution in [3.05, 3.63) is 71.7 Å². The van der Waals surface area contributed by atoms with E-state index in [1.54, 1.807) is 60.7 Å². The van der Waals surface area contributed by atoms with Gasteiger partial charge >= 0.3 is 0 Å². The van der Waals surface area contributed by atoms with Gasteiger partial charge < -0.3 is 9.47 Å². The number of benzene rings is 2. The third-order valence-corrected chi connectivity index (χ3v) is 7.36. The minimum Gasteiger partial charge on any atom is -0.493 e. The smallest absolute Gasteiger partial charge is 0.175 e. The highest BCUT2D eigenvalue weighted by molar-refractivity contribution is 7.90. The van der Waals surface area contributed by atoms with Gasteiger partial charge in [-0.25, -0.2) is 18.1 Å². The number of fused-ring (bicyclic) bond motifs is 1. The fourth-order valence-corrected chi connectivity index (χ4v) is 5.06. The molecule has 5 aromatic rings. The van der Waals surface area contributed by atoms with Crippen LogP contribution in [-0.2, 0) is 9.84 Å². The second kappa shape index (κ2) is 8.58. The summed E-state index contributed by atoms with van der Waals surface area (Å²) in [5, 5.41) is 10.5. The summed E-state index contributed by atoms with van der Waals surface area (Å²) in [5.41, 5.74) is 3.55. The summed E-state index contributed by atoms with van der Waals surface area (Å²) in [6, 6.07) is 14.6. The van der Waals surface area contributed by atoms with Gasteiger partial charge in [0.1, 0.15) is 0 Å². The van der Waals surface area contributed by atoms with Crippen molar-refractivity contribution in [1.82, 2.24) is 14.8 Å². The molecule has 0 aliphatic rings. The molecule has 0 saturated heterocycles. The fraction of sp³-hybridized carbons (Fsp3) is 0.120. The van der Waals surface area contributed by atoms with Gasteiger partial charge in [0.25, 0.3) is 0 Å². The van der Waals surface area contributed by atoms with Crippen LogP contribution in [0.4, 0.5) is 0 Å². The van der Waals surface area contributed by atoms with Crippen LogP contribution in [0.2, 0.25) is 0 Å². The van der Waals surface area contributed by atoms with Crippen molar-refractivity contribution in [2.75, 3.05) is 20.5 Å². The number of sulfone groups is 1. The topological polar surface area (TPSA) is 83.3 Å². The summed E-state index contributed by atoms with van der Waals surface area (Å²) < 4.78 is 36.2. The van der Waals surface area contributed by atoms with E-state index in [0.717, 1.165) is 33.2 Å². The molecule has 0 atom stereocenters. The van der Waals surface area contributed by atoms with Gasteiger partial charge in [0.2, 0.25) is 0 Å². The maximum atomic E-state index is 11.8. The molecule has 0 bridgehead atoms. The number of aromatic nitrogens is 3. The van der Waals surface area contributed by atoms with Crippen molar-refractivity contribution >= 4 is 31.9 Å². The summed E-state index contributed by atoms with van der Waals surface area (Å²) in [6.45, 7) is 0. The first-order valence-corrected chi connectivity index (χ1v) is 13.2. The Hall–Kier alpha value is -3.69. The van der Waals surface area contributed by atoms with Crippen LogP contribution in [0.15, 0.2) is 76.6 Å². The average Bonchev–Trinajstić information content (AvgIpc) is 3.55. The molecule has 7 nitrogen and oxygen atoms in total. The quantitative estimate of drug-likeness (QED) is 0.323. The Bertz CT molecular complexity index is 1590. The number of methoxy groups -OCH3 is 2. The highest BCUT2D eigenvalue weighted by Crippen LogP contribution is 2.37. The van der Waals surface area contributed by atoms with Crippen molar-refractivity contribution in [1.29, 1.82) is 0 Å². The number of ether oxygens (including phenoxy) is 2. The first-order chi connectivity index (χ1) is 16.4. The Kier molecular flexibility index (Phi) is 5.59. The SMILES string of the molecule is COc1cc2cc(-n3cc(-c4ccc(S(C)(=O)=O)cc4)cn3)nc(-c3ccsc3)c2cc1OC. The van der Waals surface area contributed by atoms with Crippen LogP contribution in [-0.4, -0.2) is 43.7 Å². The minimum absolute atomic E-state index is 0.282. The summed E-state index contributed by atoms with van der Waals surface area (Å²) in [7, 11) is -0.0206. The van der Waals surface area contributed by atoms with E-state index in [1.807, 2.05) is 35.8 Å². The zero-order valence-corrected chi connectivity index (χ0v) is 20.4. The maximum Gasteiger partial charge on any atom is 0.175 e. The number of thiophene rings is 1. The standard InChI is InChI=1S/C25H21N3O4S2/c1-31-22-10-18-11-24(27-25(17-8-9-33-15-17)21(18)12-23(22)32-2)28-14-19(13-26-28)16-4-6-20(7-5-16)34(3,29)30/h4-15H,1-3H3. The third-order valence-electron chi connectivity index (χ3n) is 5.55. The van der Waals surface area contributed by atoms with Crippen molar-refractivity contribution in [3.8, 4) is 39.7 Å². The summed E-state index contributed by atoms with van der Waals surface area (Å²) >= 11 is 1.61. The van der Waals surface area contributed by atoms with Crippen LogP contribution >= 0.6 is 11.3 Å². The molecule has 3 heterocycles. The molecule has 0 radical (unpaired) electrons.